The van der Waals surface area contributed by atoms with E-state index in [0.29, 0.717) is 0 Å². The minimum atomic E-state index is -0.309. The summed E-state index contributed by atoms with van der Waals surface area (Å²) in [5, 5.41) is 14.4. The molecule has 2 heterocycles. The number of thiophene rings is 1. The van der Waals surface area contributed by atoms with E-state index < -0.39 is 0 Å². The molecule has 1 aromatic rings. The second-order valence-corrected chi connectivity index (χ2v) is 5.69. The fourth-order valence-electron chi connectivity index (χ4n) is 2.39. The molecule has 0 aliphatic carbocycles. The highest BCUT2D eigenvalue weighted by molar-refractivity contribution is 7.15. The van der Waals surface area contributed by atoms with Crippen LogP contribution < -0.4 is 5.32 Å². The second kappa shape index (κ2) is 6.79. The predicted molar refractivity (Wildman–Crippen MR) is 77.6 cm³/mol. The smallest absolute Gasteiger partial charge is 0.314 e. The summed E-state index contributed by atoms with van der Waals surface area (Å²) < 4.78 is 0. The zero-order valence-corrected chi connectivity index (χ0v) is 11.7. The molecule has 0 unspecified atom stereocenters. The maximum atomic E-state index is 10.8. The number of rotatable bonds is 6. The first-order chi connectivity index (χ1) is 9.22. The van der Waals surface area contributed by atoms with Gasteiger partial charge >= 0.3 is 5.00 Å². The summed E-state index contributed by atoms with van der Waals surface area (Å²) in [6.45, 7) is 7.72. The molecule has 6 heteroatoms. The molecule has 1 aliphatic heterocycles. The van der Waals surface area contributed by atoms with Crippen LogP contribution in [0, 0.1) is 10.1 Å². The largest absolute Gasteiger partial charge is 0.324 e. The van der Waals surface area contributed by atoms with Crippen molar-refractivity contribution in [2.75, 3.05) is 26.2 Å². The molecule has 1 atom stereocenters. The summed E-state index contributed by atoms with van der Waals surface area (Å²) in [6, 6.07) is 3.79. The lowest BCUT2D eigenvalue weighted by Crippen LogP contribution is -2.45. The van der Waals surface area contributed by atoms with Crippen LogP contribution in [-0.2, 0) is 0 Å². The Labute approximate surface area is 117 Å². The first kappa shape index (κ1) is 14.2. The first-order valence-corrected chi connectivity index (χ1v) is 7.34. The Morgan fingerprint density at radius 1 is 1.53 bits per heavy atom. The molecule has 2 rings (SSSR count). The quantitative estimate of drug-likeness (QED) is 0.494. The Morgan fingerprint density at radius 3 is 2.84 bits per heavy atom. The predicted octanol–water partition coefficient (Wildman–Crippen LogP) is 2.57. The van der Waals surface area contributed by atoms with Gasteiger partial charge in [0, 0.05) is 43.2 Å². The molecule has 0 radical (unpaired) electrons. The fourth-order valence-corrected chi connectivity index (χ4v) is 3.38. The third-order valence-electron chi connectivity index (χ3n) is 3.36. The molecule has 0 bridgehead atoms. The Bertz CT molecular complexity index is 441. The van der Waals surface area contributed by atoms with E-state index in [-0.39, 0.29) is 16.0 Å². The zero-order chi connectivity index (χ0) is 13.7. The SMILES string of the molecule is C=CCC[C@@H](c1ccc([N+](=O)[O-])s1)N1CCNCC1. The van der Waals surface area contributed by atoms with Gasteiger partial charge in [0.15, 0.2) is 0 Å². The average Bonchev–Trinajstić information content (AvgIpc) is 2.90. The number of nitro groups is 1. The molecular formula is C13H19N3O2S. The maximum absolute atomic E-state index is 10.8. The van der Waals surface area contributed by atoms with E-state index in [4.69, 9.17) is 0 Å². The van der Waals surface area contributed by atoms with Crippen molar-refractivity contribution < 1.29 is 4.92 Å². The van der Waals surface area contributed by atoms with Gasteiger partial charge in [-0.15, -0.1) is 6.58 Å². The Balaban J connectivity index is 2.14. The molecule has 0 spiro atoms. The molecule has 1 aromatic heterocycles. The standard InChI is InChI=1S/C13H19N3O2S/c1-2-3-4-11(15-9-7-14-8-10-15)12-5-6-13(19-12)16(17)18/h2,5-6,11,14H,1,3-4,7-10H2/t11-/m0/s1. The van der Waals surface area contributed by atoms with Gasteiger partial charge in [0.2, 0.25) is 0 Å². The van der Waals surface area contributed by atoms with Gasteiger partial charge in [-0.25, -0.2) is 0 Å². The van der Waals surface area contributed by atoms with Crippen molar-refractivity contribution in [3.63, 3.8) is 0 Å². The molecular weight excluding hydrogens is 262 g/mol. The Hall–Kier alpha value is -1.24. The van der Waals surface area contributed by atoms with Crippen LogP contribution >= 0.6 is 11.3 Å². The normalized spacial score (nSPS) is 18.1. The molecule has 1 aliphatic rings. The average molecular weight is 281 g/mol. The van der Waals surface area contributed by atoms with Gasteiger partial charge in [-0.1, -0.05) is 17.4 Å². The molecule has 104 valence electrons. The molecule has 1 N–H and O–H groups in total. The summed E-state index contributed by atoms with van der Waals surface area (Å²) in [4.78, 5) is 14.0. The molecule has 1 fully saturated rings. The van der Waals surface area contributed by atoms with Crippen LogP contribution in [0.1, 0.15) is 23.8 Å². The number of hydrogen-bond acceptors (Lipinski definition) is 5. The lowest BCUT2D eigenvalue weighted by molar-refractivity contribution is -0.380. The van der Waals surface area contributed by atoms with E-state index in [1.807, 2.05) is 12.1 Å². The molecule has 19 heavy (non-hydrogen) atoms. The van der Waals surface area contributed by atoms with E-state index in [2.05, 4.69) is 16.8 Å². The second-order valence-electron chi connectivity index (χ2n) is 4.60. The van der Waals surface area contributed by atoms with Gasteiger partial charge in [0.1, 0.15) is 0 Å². The minimum absolute atomic E-state index is 0.230. The summed E-state index contributed by atoms with van der Waals surface area (Å²) in [7, 11) is 0. The van der Waals surface area contributed by atoms with Gasteiger partial charge in [-0.3, -0.25) is 15.0 Å². The van der Waals surface area contributed by atoms with E-state index >= 15 is 0 Å². The highest BCUT2D eigenvalue weighted by Gasteiger charge is 2.24. The third kappa shape index (κ3) is 3.62. The van der Waals surface area contributed by atoms with Crippen LogP contribution in [0.3, 0.4) is 0 Å². The van der Waals surface area contributed by atoms with Crippen molar-refractivity contribution in [2.24, 2.45) is 0 Å². The van der Waals surface area contributed by atoms with Crippen molar-refractivity contribution in [3.8, 4) is 0 Å². The van der Waals surface area contributed by atoms with Crippen LogP contribution in [0.25, 0.3) is 0 Å². The maximum Gasteiger partial charge on any atom is 0.324 e. The number of nitrogens with zero attached hydrogens (tertiary/aromatic N) is 2. The van der Waals surface area contributed by atoms with E-state index in [9.17, 15) is 10.1 Å². The van der Waals surface area contributed by atoms with Gasteiger partial charge in [0.05, 0.1) is 4.92 Å². The Kier molecular flexibility index (Phi) is 5.07. The van der Waals surface area contributed by atoms with Gasteiger partial charge in [-0.2, -0.15) is 0 Å². The van der Waals surface area contributed by atoms with Crippen molar-refractivity contribution in [1.82, 2.24) is 10.2 Å². The summed E-state index contributed by atoms with van der Waals surface area (Å²) >= 11 is 1.30. The summed E-state index contributed by atoms with van der Waals surface area (Å²) in [5.41, 5.74) is 0. The fraction of sp³-hybridized carbons (Fsp3) is 0.538. The number of allylic oxidation sites excluding steroid dienone is 1. The van der Waals surface area contributed by atoms with Crippen molar-refractivity contribution >= 4 is 16.3 Å². The van der Waals surface area contributed by atoms with Crippen molar-refractivity contribution in [2.45, 2.75) is 18.9 Å². The molecule has 1 saturated heterocycles. The minimum Gasteiger partial charge on any atom is -0.314 e. The van der Waals surface area contributed by atoms with Crippen LogP contribution in [0.4, 0.5) is 5.00 Å². The van der Waals surface area contributed by atoms with E-state index in [1.54, 1.807) is 6.07 Å². The molecule has 0 amide bonds. The molecule has 0 aromatic carbocycles. The van der Waals surface area contributed by atoms with Gasteiger partial charge in [-0.05, 0) is 18.9 Å². The highest BCUT2D eigenvalue weighted by Crippen LogP contribution is 2.34. The molecule has 0 saturated carbocycles. The number of hydrogen-bond donors (Lipinski definition) is 1. The van der Waals surface area contributed by atoms with E-state index in [1.165, 1.54) is 11.3 Å². The van der Waals surface area contributed by atoms with E-state index in [0.717, 1.165) is 43.9 Å². The highest BCUT2D eigenvalue weighted by atomic mass is 32.1. The van der Waals surface area contributed by atoms with Crippen LogP contribution in [0.2, 0.25) is 0 Å². The number of nitrogens with one attached hydrogen (secondary N) is 1. The third-order valence-corrected chi connectivity index (χ3v) is 4.50. The van der Waals surface area contributed by atoms with Crippen molar-refractivity contribution in [1.29, 1.82) is 0 Å². The molecule has 5 nitrogen and oxygen atoms in total. The van der Waals surface area contributed by atoms with Crippen LogP contribution in [-0.4, -0.2) is 36.0 Å². The zero-order valence-electron chi connectivity index (χ0n) is 10.9. The van der Waals surface area contributed by atoms with Gasteiger partial charge < -0.3 is 5.32 Å². The lowest BCUT2D eigenvalue weighted by Gasteiger charge is -2.34. The van der Waals surface area contributed by atoms with Crippen LogP contribution in [0.5, 0.6) is 0 Å². The summed E-state index contributed by atoms with van der Waals surface area (Å²) in [5.74, 6) is 0. The topological polar surface area (TPSA) is 58.4 Å². The van der Waals surface area contributed by atoms with Gasteiger partial charge in [0.25, 0.3) is 0 Å². The Morgan fingerprint density at radius 2 is 2.26 bits per heavy atom. The lowest BCUT2D eigenvalue weighted by atomic mass is 10.1. The van der Waals surface area contributed by atoms with Crippen molar-refractivity contribution in [3.05, 3.63) is 39.8 Å². The first-order valence-electron chi connectivity index (χ1n) is 6.52. The monoisotopic (exact) mass is 281 g/mol. The summed E-state index contributed by atoms with van der Waals surface area (Å²) in [6.07, 6.45) is 3.82. The van der Waals surface area contributed by atoms with Crippen LogP contribution in [0.15, 0.2) is 24.8 Å². The number of piperazine rings is 1.